The molecule has 0 aromatic heterocycles. The third-order valence-electron chi connectivity index (χ3n) is 4.40. The van der Waals surface area contributed by atoms with Crippen molar-refractivity contribution in [3.05, 3.63) is 59.9 Å². The number of likely N-dealkylation sites (tertiary alicyclic amines) is 1. The van der Waals surface area contributed by atoms with Crippen LogP contribution in [0, 0.1) is 5.82 Å². The molecule has 26 heavy (non-hydrogen) atoms. The number of halogens is 1. The molecule has 2 aromatic carbocycles. The maximum atomic E-state index is 14.6. The van der Waals surface area contributed by atoms with E-state index in [2.05, 4.69) is 4.72 Å². The molecule has 0 bridgehead atoms. The largest absolute Gasteiger partial charge is 0.337 e. The summed E-state index contributed by atoms with van der Waals surface area (Å²) in [6.07, 6.45) is 2.42. The average Bonchev–Trinajstić information content (AvgIpc) is 2.60. The first-order valence-electron chi connectivity index (χ1n) is 8.45. The van der Waals surface area contributed by atoms with Gasteiger partial charge in [-0.05, 0) is 36.1 Å². The zero-order chi connectivity index (χ0) is 18.7. The number of nitrogens with zero attached hydrogens (tertiary/aromatic N) is 1. The molecule has 3 rings (SSSR count). The highest BCUT2D eigenvalue weighted by Crippen LogP contribution is 2.23. The van der Waals surface area contributed by atoms with Gasteiger partial charge in [0.15, 0.2) is 0 Å². The van der Waals surface area contributed by atoms with Crippen LogP contribution in [0.4, 0.5) is 4.39 Å². The van der Waals surface area contributed by atoms with Gasteiger partial charge >= 0.3 is 0 Å². The summed E-state index contributed by atoms with van der Waals surface area (Å²) in [7, 11) is -3.34. The van der Waals surface area contributed by atoms with Gasteiger partial charge in [0.05, 0.1) is 11.8 Å². The molecule has 7 heteroatoms. The lowest BCUT2D eigenvalue weighted by Gasteiger charge is -2.32. The Bertz CT molecular complexity index is 900. The van der Waals surface area contributed by atoms with Crippen LogP contribution in [0.25, 0.3) is 11.1 Å². The van der Waals surface area contributed by atoms with Crippen LogP contribution in [0.2, 0.25) is 0 Å². The van der Waals surface area contributed by atoms with Crippen molar-refractivity contribution in [1.82, 2.24) is 9.62 Å². The molecule has 1 heterocycles. The number of hydrogen-bond donors (Lipinski definition) is 1. The minimum atomic E-state index is -3.34. The van der Waals surface area contributed by atoms with E-state index >= 15 is 0 Å². The second kappa shape index (κ2) is 7.55. The Morgan fingerprint density at radius 2 is 1.88 bits per heavy atom. The fraction of sp³-hybridized carbons (Fsp3) is 0.316. The third-order valence-corrected chi connectivity index (χ3v) is 5.16. The van der Waals surface area contributed by atoms with Crippen LogP contribution >= 0.6 is 0 Å². The van der Waals surface area contributed by atoms with E-state index in [9.17, 15) is 17.6 Å². The first kappa shape index (κ1) is 18.5. The molecule has 1 unspecified atom stereocenters. The first-order valence-corrected chi connectivity index (χ1v) is 10.3. The quantitative estimate of drug-likeness (QED) is 0.892. The van der Waals surface area contributed by atoms with Crippen molar-refractivity contribution in [2.75, 3.05) is 19.3 Å². The van der Waals surface area contributed by atoms with E-state index in [1.54, 1.807) is 6.07 Å². The minimum absolute atomic E-state index is 0.00434. The van der Waals surface area contributed by atoms with Gasteiger partial charge in [-0.25, -0.2) is 17.5 Å². The maximum absolute atomic E-state index is 14.6. The molecular formula is C19H21FN2O3S. The monoisotopic (exact) mass is 376 g/mol. The molecule has 1 saturated heterocycles. The molecule has 0 aliphatic carbocycles. The number of piperidine rings is 1. The van der Waals surface area contributed by atoms with Gasteiger partial charge in [0, 0.05) is 19.1 Å². The predicted octanol–water partition coefficient (Wildman–Crippen LogP) is 2.65. The van der Waals surface area contributed by atoms with Crippen LogP contribution in [0.5, 0.6) is 0 Å². The van der Waals surface area contributed by atoms with E-state index < -0.39 is 21.7 Å². The van der Waals surface area contributed by atoms with Crippen LogP contribution in [-0.4, -0.2) is 44.6 Å². The Hall–Kier alpha value is -2.25. The predicted molar refractivity (Wildman–Crippen MR) is 98.7 cm³/mol. The van der Waals surface area contributed by atoms with Crippen molar-refractivity contribution < 1.29 is 17.6 Å². The summed E-state index contributed by atoms with van der Waals surface area (Å²) in [5.41, 5.74) is 1.58. The summed E-state index contributed by atoms with van der Waals surface area (Å²) < 4.78 is 39.9. The number of benzene rings is 2. The van der Waals surface area contributed by atoms with Crippen LogP contribution < -0.4 is 4.72 Å². The normalized spacial score (nSPS) is 17.9. The molecule has 1 aliphatic rings. The zero-order valence-electron chi connectivity index (χ0n) is 14.5. The number of nitrogens with one attached hydrogen (secondary N) is 1. The van der Waals surface area contributed by atoms with E-state index in [1.165, 1.54) is 17.0 Å². The molecule has 1 aliphatic heterocycles. The summed E-state index contributed by atoms with van der Waals surface area (Å²) in [5.74, 6) is -0.989. The van der Waals surface area contributed by atoms with E-state index in [0.717, 1.165) is 11.8 Å². The van der Waals surface area contributed by atoms with E-state index in [0.29, 0.717) is 24.9 Å². The topological polar surface area (TPSA) is 66.5 Å². The lowest BCUT2D eigenvalue weighted by atomic mass is 10.0. The van der Waals surface area contributed by atoms with Crippen molar-refractivity contribution in [3.63, 3.8) is 0 Å². The molecule has 0 spiro atoms. The summed E-state index contributed by atoms with van der Waals surface area (Å²) in [6, 6.07) is 13.6. The number of rotatable bonds is 4. The van der Waals surface area contributed by atoms with E-state index in [-0.39, 0.29) is 18.2 Å². The van der Waals surface area contributed by atoms with Gasteiger partial charge in [0.25, 0.3) is 5.91 Å². The highest BCUT2D eigenvalue weighted by atomic mass is 32.2. The van der Waals surface area contributed by atoms with Crippen molar-refractivity contribution >= 4 is 15.9 Å². The Balaban J connectivity index is 1.77. The van der Waals surface area contributed by atoms with Gasteiger partial charge in [-0.1, -0.05) is 36.4 Å². The number of amides is 1. The molecule has 138 valence electrons. The Kier molecular flexibility index (Phi) is 5.38. The number of hydrogen-bond acceptors (Lipinski definition) is 3. The average molecular weight is 376 g/mol. The van der Waals surface area contributed by atoms with Crippen molar-refractivity contribution in [1.29, 1.82) is 0 Å². The van der Waals surface area contributed by atoms with Crippen LogP contribution in [0.3, 0.4) is 0 Å². The Morgan fingerprint density at radius 1 is 1.15 bits per heavy atom. The highest BCUT2D eigenvalue weighted by Gasteiger charge is 2.27. The number of carbonyl (C=O) groups is 1. The SMILES string of the molecule is CS(=O)(=O)NC1CCCN(C(=O)c2ccc(-c3ccccc3)cc2F)C1. The van der Waals surface area contributed by atoms with Gasteiger partial charge in [0.1, 0.15) is 5.82 Å². The fourth-order valence-corrected chi connectivity index (χ4v) is 4.03. The molecule has 1 atom stereocenters. The molecule has 1 N–H and O–H groups in total. The molecule has 0 radical (unpaired) electrons. The van der Waals surface area contributed by atoms with Gasteiger partial charge in [-0.3, -0.25) is 4.79 Å². The lowest BCUT2D eigenvalue weighted by molar-refractivity contribution is 0.0698. The third kappa shape index (κ3) is 4.47. The summed E-state index contributed by atoms with van der Waals surface area (Å²) >= 11 is 0. The van der Waals surface area contributed by atoms with E-state index in [1.807, 2.05) is 30.3 Å². The maximum Gasteiger partial charge on any atom is 0.256 e. The van der Waals surface area contributed by atoms with Gasteiger partial charge in [-0.15, -0.1) is 0 Å². The summed E-state index contributed by atoms with van der Waals surface area (Å²) in [6.45, 7) is 0.729. The summed E-state index contributed by atoms with van der Waals surface area (Å²) in [5, 5.41) is 0. The molecule has 5 nitrogen and oxygen atoms in total. The van der Waals surface area contributed by atoms with Crippen LogP contribution in [0.1, 0.15) is 23.2 Å². The fourth-order valence-electron chi connectivity index (χ4n) is 3.23. The summed E-state index contributed by atoms with van der Waals surface area (Å²) in [4.78, 5) is 14.2. The standard InChI is InChI=1S/C19H21FN2O3S/c1-26(24,25)21-16-8-5-11-22(13-16)19(23)17-10-9-15(12-18(17)20)14-6-3-2-4-7-14/h2-4,6-7,9-10,12,16,21H,5,8,11,13H2,1H3. The minimum Gasteiger partial charge on any atom is -0.337 e. The smallest absolute Gasteiger partial charge is 0.256 e. The first-order chi connectivity index (χ1) is 12.3. The van der Waals surface area contributed by atoms with Crippen molar-refractivity contribution in [2.45, 2.75) is 18.9 Å². The van der Waals surface area contributed by atoms with Crippen molar-refractivity contribution in [2.24, 2.45) is 0 Å². The van der Waals surface area contributed by atoms with E-state index in [4.69, 9.17) is 0 Å². The second-order valence-electron chi connectivity index (χ2n) is 6.54. The molecular weight excluding hydrogens is 355 g/mol. The Labute approximate surface area is 152 Å². The van der Waals surface area contributed by atoms with Crippen LogP contribution in [0.15, 0.2) is 48.5 Å². The Morgan fingerprint density at radius 3 is 2.54 bits per heavy atom. The molecule has 0 saturated carbocycles. The number of sulfonamides is 1. The zero-order valence-corrected chi connectivity index (χ0v) is 15.3. The van der Waals surface area contributed by atoms with Gasteiger partial charge in [0.2, 0.25) is 10.0 Å². The molecule has 1 amide bonds. The lowest BCUT2D eigenvalue weighted by Crippen LogP contribution is -2.49. The molecule has 1 fully saturated rings. The van der Waals surface area contributed by atoms with Gasteiger partial charge in [-0.2, -0.15) is 0 Å². The van der Waals surface area contributed by atoms with Gasteiger partial charge < -0.3 is 4.90 Å². The van der Waals surface area contributed by atoms with Crippen LogP contribution in [-0.2, 0) is 10.0 Å². The number of carbonyl (C=O) groups excluding carboxylic acids is 1. The molecule has 2 aromatic rings. The van der Waals surface area contributed by atoms with Crippen molar-refractivity contribution in [3.8, 4) is 11.1 Å². The second-order valence-corrected chi connectivity index (χ2v) is 8.32. The highest BCUT2D eigenvalue weighted by molar-refractivity contribution is 7.88.